The number of likely N-dealkylation sites (tertiary alicyclic amines) is 1. The molecule has 1 aliphatic rings. The van der Waals surface area contributed by atoms with Gasteiger partial charge in [0.05, 0.1) is 6.20 Å². The van der Waals surface area contributed by atoms with Crippen LogP contribution in [0.5, 0.6) is 0 Å². The van der Waals surface area contributed by atoms with Gasteiger partial charge in [0.25, 0.3) is 11.8 Å². The molecule has 0 radical (unpaired) electrons. The van der Waals surface area contributed by atoms with Crippen molar-refractivity contribution in [3.8, 4) is 11.1 Å². The Morgan fingerprint density at radius 2 is 1.68 bits per heavy atom. The van der Waals surface area contributed by atoms with Crippen LogP contribution in [0.1, 0.15) is 37.8 Å². The van der Waals surface area contributed by atoms with Gasteiger partial charge in [-0.15, -0.1) is 0 Å². The molecule has 2 aromatic carbocycles. The number of hydrogen-bond acceptors (Lipinski definition) is 4. The van der Waals surface area contributed by atoms with Gasteiger partial charge in [-0.3, -0.25) is 19.3 Å². The number of rotatable bonds is 5. The fraction of sp³-hybridized carbons (Fsp3) is 0.185. The highest BCUT2D eigenvalue weighted by Gasteiger charge is 2.32. The molecule has 0 atom stereocenters. The Labute approximate surface area is 198 Å². The zero-order chi connectivity index (χ0) is 23.7. The molecular formula is C27H25N5O2. The summed E-state index contributed by atoms with van der Waals surface area (Å²) in [5.41, 5.74) is 6.07. The minimum absolute atomic E-state index is 0.0253. The van der Waals surface area contributed by atoms with Gasteiger partial charge in [0.1, 0.15) is 0 Å². The van der Waals surface area contributed by atoms with E-state index < -0.39 is 0 Å². The zero-order valence-electron chi connectivity index (χ0n) is 19.1. The highest BCUT2D eigenvalue weighted by atomic mass is 16.2. The molecule has 5 rings (SSSR count). The molecule has 1 fully saturated rings. The summed E-state index contributed by atoms with van der Waals surface area (Å²) in [7, 11) is 1.91. The van der Waals surface area contributed by atoms with Gasteiger partial charge in [-0.1, -0.05) is 30.3 Å². The average Bonchev–Trinajstić information content (AvgIpc) is 3.26. The normalized spacial score (nSPS) is 13.4. The largest absolute Gasteiger partial charge is 0.337 e. The first-order chi connectivity index (χ1) is 16.5. The van der Waals surface area contributed by atoms with Crippen LogP contribution in [0, 0.1) is 6.92 Å². The first-order valence-corrected chi connectivity index (χ1v) is 11.2. The molecule has 0 saturated carbocycles. The summed E-state index contributed by atoms with van der Waals surface area (Å²) in [6.45, 7) is 3.26. The second-order valence-corrected chi connectivity index (χ2v) is 8.65. The van der Waals surface area contributed by atoms with Crippen LogP contribution in [0.2, 0.25) is 0 Å². The van der Waals surface area contributed by atoms with Gasteiger partial charge < -0.3 is 10.2 Å². The molecule has 2 aromatic heterocycles. The van der Waals surface area contributed by atoms with Crippen molar-refractivity contribution in [2.75, 3.05) is 18.4 Å². The van der Waals surface area contributed by atoms with Gasteiger partial charge in [0.2, 0.25) is 0 Å². The van der Waals surface area contributed by atoms with Crippen molar-refractivity contribution in [3.63, 3.8) is 0 Å². The number of anilines is 1. The van der Waals surface area contributed by atoms with E-state index in [4.69, 9.17) is 0 Å². The molecule has 0 unspecified atom stereocenters. The third-order valence-corrected chi connectivity index (χ3v) is 6.26. The molecular weight excluding hydrogens is 426 g/mol. The van der Waals surface area contributed by atoms with Crippen LogP contribution in [0.3, 0.4) is 0 Å². The fourth-order valence-corrected chi connectivity index (χ4v) is 4.14. The van der Waals surface area contributed by atoms with Gasteiger partial charge in [-0.2, -0.15) is 5.10 Å². The molecule has 3 heterocycles. The third kappa shape index (κ3) is 4.32. The predicted octanol–water partition coefficient (Wildman–Crippen LogP) is 4.28. The Bertz CT molecular complexity index is 1340. The van der Waals surface area contributed by atoms with E-state index in [0.717, 1.165) is 16.7 Å². The predicted molar refractivity (Wildman–Crippen MR) is 131 cm³/mol. The van der Waals surface area contributed by atoms with Gasteiger partial charge >= 0.3 is 0 Å². The SMILES string of the molecule is Cc1ccc(C(=O)N2CC(c3ccc(-c4cnn(C)c4)cc3)C2)cc1NC(=O)c1ccncc1. The number of carbonyl (C=O) groups is 2. The van der Waals surface area contributed by atoms with E-state index in [1.807, 2.05) is 43.4 Å². The quantitative estimate of drug-likeness (QED) is 0.491. The van der Waals surface area contributed by atoms with Gasteiger partial charge in [0.15, 0.2) is 0 Å². The lowest BCUT2D eigenvalue weighted by atomic mass is 9.90. The fourth-order valence-electron chi connectivity index (χ4n) is 4.14. The van der Waals surface area contributed by atoms with Crippen LogP contribution in [0.15, 0.2) is 79.4 Å². The number of benzene rings is 2. The van der Waals surface area contributed by atoms with E-state index >= 15 is 0 Å². The van der Waals surface area contributed by atoms with Crippen molar-refractivity contribution in [2.45, 2.75) is 12.8 Å². The highest BCUT2D eigenvalue weighted by molar-refractivity contribution is 6.05. The van der Waals surface area contributed by atoms with Crippen molar-refractivity contribution >= 4 is 17.5 Å². The van der Waals surface area contributed by atoms with Crippen molar-refractivity contribution < 1.29 is 9.59 Å². The summed E-state index contributed by atoms with van der Waals surface area (Å²) in [4.78, 5) is 31.4. The second-order valence-electron chi connectivity index (χ2n) is 8.65. The molecule has 7 heteroatoms. The number of hydrogen-bond donors (Lipinski definition) is 1. The molecule has 0 aliphatic carbocycles. The van der Waals surface area contributed by atoms with Gasteiger partial charge in [-0.25, -0.2) is 0 Å². The number of aromatic nitrogens is 3. The zero-order valence-corrected chi connectivity index (χ0v) is 19.1. The van der Waals surface area contributed by atoms with E-state index in [0.29, 0.717) is 35.8 Å². The van der Waals surface area contributed by atoms with Gasteiger partial charge in [0, 0.05) is 67.0 Å². The molecule has 0 bridgehead atoms. The number of nitrogens with zero attached hydrogens (tertiary/aromatic N) is 4. The Kier molecular flexibility index (Phi) is 5.67. The van der Waals surface area contributed by atoms with E-state index in [-0.39, 0.29) is 11.8 Å². The van der Waals surface area contributed by atoms with Crippen LogP contribution in [-0.4, -0.2) is 44.6 Å². The van der Waals surface area contributed by atoms with Crippen LogP contribution in [-0.2, 0) is 7.05 Å². The minimum Gasteiger partial charge on any atom is -0.337 e. The van der Waals surface area contributed by atoms with E-state index in [9.17, 15) is 9.59 Å². The Morgan fingerprint density at radius 3 is 2.35 bits per heavy atom. The number of nitrogens with one attached hydrogen (secondary N) is 1. The second kappa shape index (κ2) is 8.94. The molecule has 4 aromatic rings. The maximum Gasteiger partial charge on any atom is 0.255 e. The smallest absolute Gasteiger partial charge is 0.255 e. The maximum atomic E-state index is 13.1. The lowest BCUT2D eigenvalue weighted by Gasteiger charge is -2.39. The van der Waals surface area contributed by atoms with Crippen LogP contribution in [0.25, 0.3) is 11.1 Å². The number of aryl methyl sites for hydroxylation is 2. The standard InChI is InChI=1S/C27H25N5O2/c1-18-3-4-22(13-25(18)30-26(33)21-9-11-28-12-10-21)27(34)32-16-24(17-32)20-7-5-19(6-8-20)23-14-29-31(2)15-23/h3-15,24H,16-17H2,1-2H3,(H,30,33). The van der Waals surface area contributed by atoms with E-state index in [2.05, 4.69) is 39.7 Å². The van der Waals surface area contributed by atoms with E-state index in [1.165, 1.54) is 5.56 Å². The van der Waals surface area contributed by atoms with Crippen molar-refractivity contribution in [1.82, 2.24) is 19.7 Å². The number of carbonyl (C=O) groups excluding carboxylic acids is 2. The average molecular weight is 452 g/mol. The van der Waals surface area contributed by atoms with Crippen LogP contribution >= 0.6 is 0 Å². The number of amides is 2. The highest BCUT2D eigenvalue weighted by Crippen LogP contribution is 2.31. The third-order valence-electron chi connectivity index (χ3n) is 6.26. The molecule has 170 valence electrons. The molecule has 34 heavy (non-hydrogen) atoms. The molecule has 7 nitrogen and oxygen atoms in total. The van der Waals surface area contributed by atoms with Crippen molar-refractivity contribution in [1.29, 1.82) is 0 Å². The summed E-state index contributed by atoms with van der Waals surface area (Å²) >= 11 is 0. The summed E-state index contributed by atoms with van der Waals surface area (Å²) in [5.74, 6) is 0.0692. The van der Waals surface area contributed by atoms with Crippen molar-refractivity contribution in [2.24, 2.45) is 7.05 Å². The Morgan fingerprint density at radius 1 is 0.941 bits per heavy atom. The molecule has 2 amide bonds. The monoisotopic (exact) mass is 451 g/mol. The Balaban J connectivity index is 1.23. The van der Waals surface area contributed by atoms with Crippen LogP contribution < -0.4 is 5.32 Å². The van der Waals surface area contributed by atoms with E-state index in [1.54, 1.807) is 35.3 Å². The summed E-state index contributed by atoms with van der Waals surface area (Å²) in [6, 6.07) is 17.2. The topological polar surface area (TPSA) is 80.1 Å². The van der Waals surface area contributed by atoms with Gasteiger partial charge in [-0.05, 0) is 47.9 Å². The summed E-state index contributed by atoms with van der Waals surface area (Å²) in [5, 5.41) is 7.13. The summed E-state index contributed by atoms with van der Waals surface area (Å²) < 4.78 is 1.79. The molecule has 1 saturated heterocycles. The molecule has 1 N–H and O–H groups in total. The lowest BCUT2D eigenvalue weighted by molar-refractivity contribution is 0.0602. The Hall–Kier alpha value is -4.26. The minimum atomic E-state index is -0.228. The van der Waals surface area contributed by atoms with Crippen LogP contribution in [0.4, 0.5) is 5.69 Å². The lowest BCUT2D eigenvalue weighted by Crippen LogP contribution is -2.48. The molecule has 0 spiro atoms. The maximum absolute atomic E-state index is 13.1. The first kappa shape index (κ1) is 21.6. The first-order valence-electron chi connectivity index (χ1n) is 11.2. The number of pyridine rings is 1. The summed E-state index contributed by atoms with van der Waals surface area (Å²) in [6.07, 6.45) is 7.00. The van der Waals surface area contributed by atoms with Crippen molar-refractivity contribution in [3.05, 3.63) is 102 Å². The molecule has 1 aliphatic heterocycles.